The zero-order chi connectivity index (χ0) is 19.9. The molecule has 0 amide bonds. The number of rotatable bonds is 7. The van der Waals surface area contributed by atoms with Gasteiger partial charge >= 0.3 is 17.9 Å². The Morgan fingerprint density at radius 3 is 1.81 bits per heavy atom. The van der Waals surface area contributed by atoms with Gasteiger partial charge in [-0.3, -0.25) is 14.4 Å². The second-order valence-electron chi connectivity index (χ2n) is 7.88. The third kappa shape index (κ3) is 5.71. The first-order valence-corrected chi connectivity index (χ1v) is 9.67. The molecule has 3 atom stereocenters. The first-order valence-electron chi connectivity index (χ1n) is 9.67. The summed E-state index contributed by atoms with van der Waals surface area (Å²) < 4.78 is 15.5. The molecule has 1 fully saturated rings. The van der Waals surface area contributed by atoms with Crippen LogP contribution in [-0.2, 0) is 28.6 Å². The lowest BCUT2D eigenvalue weighted by atomic mass is 9.62. The van der Waals surface area contributed by atoms with Crippen molar-refractivity contribution >= 4 is 17.9 Å². The van der Waals surface area contributed by atoms with Crippen LogP contribution in [0.2, 0.25) is 0 Å². The van der Waals surface area contributed by atoms with Crippen molar-refractivity contribution < 1.29 is 28.6 Å². The predicted molar refractivity (Wildman–Crippen MR) is 97.2 cm³/mol. The fourth-order valence-electron chi connectivity index (χ4n) is 3.81. The van der Waals surface area contributed by atoms with Crippen molar-refractivity contribution in [1.29, 1.82) is 0 Å². The van der Waals surface area contributed by atoms with E-state index in [1.54, 1.807) is 20.8 Å². The number of ether oxygens (including phenoxy) is 3. The molecule has 0 aromatic carbocycles. The summed E-state index contributed by atoms with van der Waals surface area (Å²) in [6, 6.07) is 0. The zero-order valence-corrected chi connectivity index (χ0v) is 17.0. The van der Waals surface area contributed by atoms with Gasteiger partial charge < -0.3 is 14.2 Å². The molecule has 1 rings (SSSR count). The summed E-state index contributed by atoms with van der Waals surface area (Å²) in [6.45, 7) is 12.2. The van der Waals surface area contributed by atoms with E-state index in [1.165, 1.54) is 0 Å². The Morgan fingerprint density at radius 2 is 1.38 bits per heavy atom. The van der Waals surface area contributed by atoms with Crippen LogP contribution in [-0.4, -0.2) is 37.7 Å². The third-order valence-electron chi connectivity index (χ3n) is 5.22. The van der Waals surface area contributed by atoms with Gasteiger partial charge in [0.15, 0.2) is 5.92 Å². The summed E-state index contributed by atoms with van der Waals surface area (Å²) in [5.74, 6) is -3.32. The van der Waals surface area contributed by atoms with Crippen molar-refractivity contribution in [2.45, 2.75) is 60.8 Å². The first kappa shape index (κ1) is 22.5. The topological polar surface area (TPSA) is 78.9 Å². The number of hydrogen-bond donors (Lipinski definition) is 0. The van der Waals surface area contributed by atoms with E-state index in [4.69, 9.17) is 14.2 Å². The molecule has 0 saturated heterocycles. The predicted octanol–water partition coefficient (Wildman–Crippen LogP) is 3.37. The zero-order valence-electron chi connectivity index (χ0n) is 17.0. The highest BCUT2D eigenvalue weighted by molar-refractivity contribution is 5.96. The molecular weight excluding hydrogens is 336 g/mol. The highest BCUT2D eigenvalue weighted by Crippen LogP contribution is 2.46. The van der Waals surface area contributed by atoms with Crippen molar-refractivity contribution in [2.75, 3.05) is 19.8 Å². The quantitative estimate of drug-likeness (QED) is 0.388. The van der Waals surface area contributed by atoms with Crippen molar-refractivity contribution in [3.8, 4) is 0 Å². The van der Waals surface area contributed by atoms with Gasteiger partial charge in [-0.2, -0.15) is 0 Å². The smallest absolute Gasteiger partial charge is 0.320 e. The van der Waals surface area contributed by atoms with E-state index in [1.807, 2.05) is 0 Å². The Morgan fingerprint density at radius 1 is 0.885 bits per heavy atom. The van der Waals surface area contributed by atoms with Gasteiger partial charge in [0.1, 0.15) is 0 Å². The van der Waals surface area contributed by atoms with E-state index >= 15 is 0 Å². The summed E-state index contributed by atoms with van der Waals surface area (Å²) in [7, 11) is 0. The molecule has 0 spiro atoms. The molecule has 1 aliphatic rings. The molecule has 0 bridgehead atoms. The molecule has 150 valence electrons. The number of carbonyl (C=O) groups excluding carboxylic acids is 3. The van der Waals surface area contributed by atoms with Gasteiger partial charge in [-0.15, -0.1) is 0 Å². The van der Waals surface area contributed by atoms with E-state index in [2.05, 4.69) is 20.8 Å². The van der Waals surface area contributed by atoms with Crippen LogP contribution in [0.4, 0.5) is 0 Å². The molecule has 6 heteroatoms. The van der Waals surface area contributed by atoms with Crippen LogP contribution in [0.15, 0.2) is 0 Å². The first-order chi connectivity index (χ1) is 12.2. The average molecular weight is 370 g/mol. The van der Waals surface area contributed by atoms with Gasteiger partial charge in [-0.05, 0) is 57.3 Å². The lowest BCUT2D eigenvalue weighted by molar-refractivity contribution is -0.170. The molecule has 1 saturated carbocycles. The molecule has 26 heavy (non-hydrogen) atoms. The van der Waals surface area contributed by atoms with Gasteiger partial charge in [-0.1, -0.05) is 20.8 Å². The second-order valence-corrected chi connectivity index (χ2v) is 7.88. The van der Waals surface area contributed by atoms with E-state index < -0.39 is 29.7 Å². The normalized spacial score (nSPS) is 23.4. The highest BCUT2D eigenvalue weighted by Gasteiger charge is 2.49. The molecule has 0 unspecified atom stereocenters. The minimum Gasteiger partial charge on any atom is -0.466 e. The maximum Gasteiger partial charge on any atom is 0.320 e. The maximum absolute atomic E-state index is 12.6. The lowest BCUT2D eigenvalue weighted by Gasteiger charge is -2.42. The number of carbonyl (C=O) groups is 3. The van der Waals surface area contributed by atoms with Crippen LogP contribution in [0.25, 0.3) is 0 Å². The minimum atomic E-state index is -1.09. The summed E-state index contributed by atoms with van der Waals surface area (Å²) in [5.41, 5.74) is 0.0196. The van der Waals surface area contributed by atoms with E-state index in [9.17, 15) is 14.4 Å². The Bertz CT molecular complexity index is 475. The van der Waals surface area contributed by atoms with Crippen LogP contribution in [0.5, 0.6) is 0 Å². The Balaban J connectivity index is 3.22. The molecule has 0 aliphatic heterocycles. The average Bonchev–Trinajstić information content (AvgIpc) is 2.55. The molecule has 0 radical (unpaired) electrons. The summed E-state index contributed by atoms with van der Waals surface area (Å²) in [4.78, 5) is 37.6. The Labute approximate surface area is 156 Å². The van der Waals surface area contributed by atoms with Crippen LogP contribution in [0, 0.1) is 29.1 Å². The molecule has 0 aromatic rings. The van der Waals surface area contributed by atoms with Gasteiger partial charge in [0.05, 0.1) is 25.7 Å². The van der Waals surface area contributed by atoms with E-state index in [-0.39, 0.29) is 31.2 Å². The highest BCUT2D eigenvalue weighted by atomic mass is 16.6. The van der Waals surface area contributed by atoms with Crippen molar-refractivity contribution in [3.05, 3.63) is 0 Å². The fraction of sp³-hybridized carbons (Fsp3) is 0.850. The molecule has 0 heterocycles. The van der Waals surface area contributed by atoms with E-state index in [0.717, 1.165) is 6.42 Å². The van der Waals surface area contributed by atoms with Gasteiger partial charge in [-0.25, -0.2) is 0 Å². The lowest BCUT2D eigenvalue weighted by Crippen LogP contribution is -2.45. The van der Waals surface area contributed by atoms with Crippen LogP contribution < -0.4 is 0 Å². The summed E-state index contributed by atoms with van der Waals surface area (Å²) in [6.07, 6.45) is 2.05. The monoisotopic (exact) mass is 370 g/mol. The SMILES string of the molecule is CCOC(=O)C(C(=O)OCC)[C@@H]1C[C@H](C(C)(C)C)CC[C@H]1C(=O)OCC. The van der Waals surface area contributed by atoms with E-state index in [0.29, 0.717) is 18.8 Å². The minimum absolute atomic E-state index is 0.0196. The number of hydrogen-bond acceptors (Lipinski definition) is 6. The van der Waals surface area contributed by atoms with Gasteiger partial charge in [0.2, 0.25) is 0 Å². The maximum atomic E-state index is 12.6. The molecule has 0 aromatic heterocycles. The van der Waals surface area contributed by atoms with Crippen LogP contribution in [0.1, 0.15) is 60.8 Å². The summed E-state index contributed by atoms with van der Waals surface area (Å²) >= 11 is 0. The molecule has 6 nitrogen and oxygen atoms in total. The third-order valence-corrected chi connectivity index (χ3v) is 5.22. The standard InChI is InChI=1S/C20H34O6/c1-7-24-17(21)14-11-10-13(20(4,5)6)12-15(14)16(18(22)25-8-2)19(23)26-9-3/h13-16H,7-12H2,1-6H3/t13-,14-,15-/m1/s1. The van der Waals surface area contributed by atoms with Crippen molar-refractivity contribution in [3.63, 3.8) is 0 Å². The van der Waals surface area contributed by atoms with Crippen molar-refractivity contribution in [1.82, 2.24) is 0 Å². The van der Waals surface area contributed by atoms with Crippen molar-refractivity contribution in [2.24, 2.45) is 29.1 Å². The number of esters is 3. The van der Waals surface area contributed by atoms with Crippen LogP contribution in [0.3, 0.4) is 0 Å². The Hall–Kier alpha value is -1.59. The summed E-state index contributed by atoms with van der Waals surface area (Å²) in [5, 5.41) is 0. The molecule has 0 N–H and O–H groups in total. The fourth-order valence-corrected chi connectivity index (χ4v) is 3.81. The van der Waals surface area contributed by atoms with Gasteiger partial charge in [0, 0.05) is 0 Å². The van der Waals surface area contributed by atoms with Gasteiger partial charge in [0.25, 0.3) is 0 Å². The molecular formula is C20H34O6. The molecule has 1 aliphatic carbocycles. The van der Waals surface area contributed by atoms with Crippen LogP contribution >= 0.6 is 0 Å². The largest absolute Gasteiger partial charge is 0.466 e. The second kappa shape index (κ2) is 9.93. The Kier molecular flexibility index (Phi) is 8.57.